The number of benzene rings is 1. The van der Waals surface area contributed by atoms with Gasteiger partial charge in [-0.05, 0) is 37.1 Å². The first kappa shape index (κ1) is 21.8. The van der Waals surface area contributed by atoms with E-state index in [1.165, 1.54) is 24.5 Å². The smallest absolute Gasteiger partial charge is 0.323 e. The highest BCUT2D eigenvalue weighted by atomic mass is 35.5. The largest absolute Gasteiger partial charge is 0.480 e. The molecule has 0 aliphatic carbocycles. The van der Waals surface area contributed by atoms with Gasteiger partial charge in [-0.25, -0.2) is 9.97 Å². The Morgan fingerprint density at radius 2 is 1.83 bits per heavy atom. The number of amides is 1. The molecule has 0 spiro atoms. The van der Waals surface area contributed by atoms with Crippen molar-refractivity contribution < 1.29 is 14.7 Å². The molecular weight excluding hydrogens is 431 g/mol. The first-order valence-electron chi connectivity index (χ1n) is 9.01. The third-order valence-electron chi connectivity index (χ3n) is 4.92. The quantitative estimate of drug-likeness (QED) is 0.477. The molecule has 3 heterocycles. The number of fused-ring (bicyclic) bond motifs is 1. The molecule has 3 aromatic rings. The summed E-state index contributed by atoms with van der Waals surface area (Å²) in [6.07, 6.45) is 4.16. The number of halogens is 2. The Morgan fingerprint density at radius 1 is 1.13 bits per heavy atom. The predicted molar refractivity (Wildman–Crippen MR) is 115 cm³/mol. The number of aromatic nitrogens is 3. The molecule has 0 atom stereocenters. The van der Waals surface area contributed by atoms with Gasteiger partial charge in [0, 0.05) is 24.8 Å². The van der Waals surface area contributed by atoms with Crippen LogP contribution in [-0.2, 0) is 4.79 Å². The van der Waals surface area contributed by atoms with Crippen molar-refractivity contribution in [2.24, 2.45) is 11.5 Å². The van der Waals surface area contributed by atoms with E-state index in [1.54, 1.807) is 0 Å². The Morgan fingerprint density at radius 3 is 2.43 bits per heavy atom. The minimum absolute atomic E-state index is 0.336. The lowest BCUT2D eigenvalue weighted by Gasteiger charge is -2.36. The molecule has 6 N–H and O–H groups in total. The van der Waals surface area contributed by atoms with E-state index in [2.05, 4.69) is 19.9 Å². The first-order valence-corrected chi connectivity index (χ1v) is 9.77. The number of anilines is 1. The third-order valence-corrected chi connectivity index (χ3v) is 5.66. The summed E-state index contributed by atoms with van der Waals surface area (Å²) in [5.41, 5.74) is 10.9. The summed E-state index contributed by atoms with van der Waals surface area (Å²) in [6, 6.07) is 6.42. The number of hydrogen-bond acceptors (Lipinski definition) is 6. The van der Waals surface area contributed by atoms with Crippen LogP contribution in [-0.4, -0.2) is 50.6 Å². The molecule has 158 valence electrons. The number of carbonyl (C=O) groups excluding carboxylic acids is 1. The van der Waals surface area contributed by atoms with Crippen LogP contribution in [0.2, 0.25) is 10.0 Å². The molecule has 1 fully saturated rings. The van der Waals surface area contributed by atoms with Gasteiger partial charge in [-0.2, -0.15) is 0 Å². The van der Waals surface area contributed by atoms with Crippen molar-refractivity contribution in [3.63, 3.8) is 0 Å². The van der Waals surface area contributed by atoms with Crippen molar-refractivity contribution in [3.05, 3.63) is 52.4 Å². The molecule has 30 heavy (non-hydrogen) atoms. The molecule has 2 aromatic heterocycles. The average Bonchev–Trinajstić information content (AvgIpc) is 3.20. The molecule has 0 unspecified atom stereocenters. The average molecular weight is 451 g/mol. The van der Waals surface area contributed by atoms with E-state index in [4.69, 9.17) is 39.8 Å². The number of carbonyl (C=O) groups is 2. The maximum absolute atomic E-state index is 11.1. The summed E-state index contributed by atoms with van der Waals surface area (Å²) in [5, 5.41) is 10.8. The summed E-state index contributed by atoms with van der Waals surface area (Å²) in [6.45, 7) is 1.17. The SMILES string of the molecule is NC(=O)c1ccc(Cl)c(Cl)c1.NC1(C(=O)O)CCN(c2ncnc3[nH]ccc23)CC1. The highest BCUT2D eigenvalue weighted by Crippen LogP contribution is 2.28. The van der Waals surface area contributed by atoms with Crippen LogP contribution < -0.4 is 16.4 Å². The standard InChI is InChI=1S/C12H15N5O2.C7H5Cl2NO/c13-12(11(18)19)2-5-17(6-3-12)10-8-1-4-14-9(8)15-7-16-10;8-5-2-1-4(7(10)11)3-6(5)9/h1,4,7H,2-3,5-6,13H2,(H,18,19)(H,14,15,16);1-3H,(H2,10,11). The maximum Gasteiger partial charge on any atom is 0.323 e. The van der Waals surface area contributed by atoms with Gasteiger partial charge in [0.1, 0.15) is 23.3 Å². The van der Waals surface area contributed by atoms with Crippen LogP contribution in [0.25, 0.3) is 11.0 Å². The lowest BCUT2D eigenvalue weighted by molar-refractivity contribution is -0.144. The molecule has 0 saturated carbocycles. The third kappa shape index (κ3) is 4.64. The Labute approximate surface area is 182 Å². The molecule has 1 aliphatic heterocycles. The van der Waals surface area contributed by atoms with Gasteiger partial charge in [0.15, 0.2) is 0 Å². The number of nitrogens with two attached hydrogens (primary N) is 2. The van der Waals surface area contributed by atoms with Crippen LogP contribution in [0.5, 0.6) is 0 Å². The highest BCUT2D eigenvalue weighted by Gasteiger charge is 2.38. The van der Waals surface area contributed by atoms with Gasteiger partial charge in [0.25, 0.3) is 0 Å². The van der Waals surface area contributed by atoms with E-state index in [9.17, 15) is 9.59 Å². The van der Waals surface area contributed by atoms with Gasteiger partial charge in [0.05, 0.1) is 15.4 Å². The first-order chi connectivity index (χ1) is 14.2. The number of primary amides is 1. The van der Waals surface area contributed by atoms with Crippen molar-refractivity contribution in [2.45, 2.75) is 18.4 Å². The monoisotopic (exact) mass is 450 g/mol. The number of rotatable bonds is 3. The van der Waals surface area contributed by atoms with Crippen LogP contribution in [0.15, 0.2) is 36.8 Å². The van der Waals surface area contributed by atoms with E-state index in [1.807, 2.05) is 12.3 Å². The molecule has 9 nitrogen and oxygen atoms in total. The molecular formula is C19H20Cl2N6O3. The predicted octanol–water partition coefficient (Wildman–Crippen LogP) is 2.43. The second kappa shape index (κ2) is 8.86. The van der Waals surface area contributed by atoms with E-state index in [0.717, 1.165) is 16.9 Å². The number of carboxylic acid groups (broad SMARTS) is 1. The summed E-state index contributed by atoms with van der Waals surface area (Å²) in [5.74, 6) is -0.608. The van der Waals surface area contributed by atoms with Crippen LogP contribution in [0, 0.1) is 0 Å². The fourth-order valence-corrected chi connectivity index (χ4v) is 3.39. The van der Waals surface area contributed by atoms with E-state index < -0.39 is 17.4 Å². The van der Waals surface area contributed by atoms with Crippen LogP contribution >= 0.6 is 23.2 Å². The molecule has 0 bridgehead atoms. The number of carboxylic acids is 1. The number of nitrogens with zero attached hydrogens (tertiary/aromatic N) is 3. The fraction of sp³-hybridized carbons (Fsp3) is 0.263. The lowest BCUT2D eigenvalue weighted by atomic mass is 9.89. The van der Waals surface area contributed by atoms with E-state index in [0.29, 0.717) is 41.5 Å². The number of H-pyrrole nitrogens is 1. The summed E-state index contributed by atoms with van der Waals surface area (Å²) in [4.78, 5) is 35.2. The minimum atomic E-state index is -1.11. The Bertz CT molecular complexity index is 1080. The lowest BCUT2D eigenvalue weighted by Crippen LogP contribution is -2.55. The zero-order valence-electron chi connectivity index (χ0n) is 15.8. The molecule has 1 amide bonds. The van der Waals surface area contributed by atoms with E-state index >= 15 is 0 Å². The molecule has 1 saturated heterocycles. The highest BCUT2D eigenvalue weighted by molar-refractivity contribution is 6.42. The second-order valence-electron chi connectivity index (χ2n) is 6.88. The zero-order chi connectivity index (χ0) is 21.9. The van der Waals surface area contributed by atoms with Gasteiger partial charge in [-0.1, -0.05) is 23.2 Å². The Hall–Kier alpha value is -2.88. The number of piperidine rings is 1. The molecule has 1 aromatic carbocycles. The van der Waals surface area contributed by atoms with Gasteiger partial charge < -0.3 is 26.5 Å². The van der Waals surface area contributed by atoms with Gasteiger partial charge in [0.2, 0.25) is 5.91 Å². The summed E-state index contributed by atoms with van der Waals surface area (Å²) in [7, 11) is 0. The maximum atomic E-state index is 11.1. The van der Waals surface area contributed by atoms with Crippen LogP contribution in [0.4, 0.5) is 5.82 Å². The summed E-state index contributed by atoms with van der Waals surface area (Å²) >= 11 is 11.2. The van der Waals surface area contributed by atoms with Gasteiger partial charge in [-0.3, -0.25) is 9.59 Å². The second-order valence-corrected chi connectivity index (χ2v) is 7.69. The topological polar surface area (TPSA) is 151 Å². The van der Waals surface area contributed by atoms with Crippen molar-refractivity contribution in [1.29, 1.82) is 0 Å². The molecule has 0 radical (unpaired) electrons. The number of aliphatic carboxylic acids is 1. The fourth-order valence-electron chi connectivity index (χ4n) is 3.09. The molecule has 4 rings (SSSR count). The Kier molecular flexibility index (Phi) is 6.45. The number of nitrogens with one attached hydrogen (secondary N) is 1. The summed E-state index contributed by atoms with van der Waals surface area (Å²) < 4.78 is 0. The zero-order valence-corrected chi connectivity index (χ0v) is 17.3. The normalized spacial score (nSPS) is 15.4. The van der Waals surface area contributed by atoms with Crippen LogP contribution in [0.3, 0.4) is 0 Å². The van der Waals surface area contributed by atoms with Crippen molar-refractivity contribution in [1.82, 2.24) is 15.0 Å². The van der Waals surface area contributed by atoms with Gasteiger partial charge in [-0.15, -0.1) is 0 Å². The minimum Gasteiger partial charge on any atom is -0.480 e. The number of aromatic amines is 1. The van der Waals surface area contributed by atoms with Crippen molar-refractivity contribution >= 4 is 51.9 Å². The molecule has 11 heteroatoms. The number of hydrogen-bond donors (Lipinski definition) is 4. The molecule has 1 aliphatic rings. The van der Waals surface area contributed by atoms with Gasteiger partial charge >= 0.3 is 5.97 Å². The van der Waals surface area contributed by atoms with E-state index in [-0.39, 0.29) is 0 Å². The van der Waals surface area contributed by atoms with Crippen molar-refractivity contribution in [3.8, 4) is 0 Å². The van der Waals surface area contributed by atoms with Crippen LogP contribution in [0.1, 0.15) is 23.2 Å². The van der Waals surface area contributed by atoms with Crippen molar-refractivity contribution in [2.75, 3.05) is 18.0 Å². The Balaban J connectivity index is 0.000000199.